The number of anilines is 1. The second-order valence-electron chi connectivity index (χ2n) is 5.15. The van der Waals surface area contributed by atoms with Crippen molar-refractivity contribution in [3.8, 4) is 0 Å². The number of benzene rings is 1. The SMILES string of the molecule is O=C(Nc1ccnnc1)NC1CC(c2ccc(F)cc2)C1. The van der Waals surface area contributed by atoms with Crippen LogP contribution in [0.3, 0.4) is 0 Å². The molecule has 1 saturated carbocycles. The lowest BCUT2D eigenvalue weighted by molar-refractivity contribution is 0.233. The van der Waals surface area contributed by atoms with Crippen LogP contribution in [0.1, 0.15) is 24.3 Å². The molecule has 1 fully saturated rings. The van der Waals surface area contributed by atoms with Crippen molar-refractivity contribution in [1.82, 2.24) is 15.5 Å². The van der Waals surface area contributed by atoms with Crippen molar-refractivity contribution in [3.05, 3.63) is 54.1 Å². The zero-order valence-electron chi connectivity index (χ0n) is 11.3. The van der Waals surface area contributed by atoms with Crippen molar-refractivity contribution in [3.63, 3.8) is 0 Å². The minimum Gasteiger partial charge on any atom is -0.335 e. The first-order valence-electron chi connectivity index (χ1n) is 6.80. The molecular formula is C15H15FN4O. The molecule has 0 radical (unpaired) electrons. The molecule has 2 N–H and O–H groups in total. The Bertz CT molecular complexity index is 611. The van der Waals surface area contributed by atoms with E-state index in [1.165, 1.54) is 24.5 Å². The minimum atomic E-state index is -0.245. The van der Waals surface area contributed by atoms with Crippen molar-refractivity contribution in [2.75, 3.05) is 5.32 Å². The number of nitrogens with zero attached hydrogens (tertiary/aromatic N) is 2. The number of hydrogen-bond acceptors (Lipinski definition) is 3. The van der Waals surface area contributed by atoms with Gasteiger partial charge in [0.25, 0.3) is 0 Å². The van der Waals surface area contributed by atoms with Gasteiger partial charge in [-0.15, -0.1) is 0 Å². The van der Waals surface area contributed by atoms with Crippen molar-refractivity contribution in [2.24, 2.45) is 0 Å². The fourth-order valence-electron chi connectivity index (χ4n) is 2.46. The first-order chi connectivity index (χ1) is 10.2. The summed E-state index contributed by atoms with van der Waals surface area (Å²) in [5, 5.41) is 12.9. The van der Waals surface area contributed by atoms with Crippen LogP contribution >= 0.6 is 0 Å². The largest absolute Gasteiger partial charge is 0.335 e. The van der Waals surface area contributed by atoms with Crippen molar-refractivity contribution in [1.29, 1.82) is 0 Å². The number of urea groups is 1. The van der Waals surface area contributed by atoms with E-state index in [0.717, 1.165) is 18.4 Å². The summed E-state index contributed by atoms with van der Waals surface area (Å²) in [6.45, 7) is 0. The third kappa shape index (κ3) is 3.34. The Balaban J connectivity index is 1.46. The lowest BCUT2D eigenvalue weighted by Gasteiger charge is -2.36. The quantitative estimate of drug-likeness (QED) is 0.911. The highest BCUT2D eigenvalue weighted by molar-refractivity contribution is 5.89. The molecule has 0 atom stereocenters. The first-order valence-corrected chi connectivity index (χ1v) is 6.80. The molecule has 2 amide bonds. The zero-order chi connectivity index (χ0) is 14.7. The lowest BCUT2D eigenvalue weighted by atomic mass is 9.76. The van der Waals surface area contributed by atoms with Crippen molar-refractivity contribution < 1.29 is 9.18 Å². The summed E-state index contributed by atoms with van der Waals surface area (Å²) in [4.78, 5) is 11.8. The molecule has 1 aliphatic carbocycles. The molecule has 0 bridgehead atoms. The monoisotopic (exact) mass is 286 g/mol. The average Bonchev–Trinajstić information content (AvgIpc) is 2.45. The Kier molecular flexibility index (Phi) is 3.77. The van der Waals surface area contributed by atoms with Crippen LogP contribution in [0.5, 0.6) is 0 Å². The van der Waals surface area contributed by atoms with Crippen LogP contribution in [-0.4, -0.2) is 22.3 Å². The fourth-order valence-corrected chi connectivity index (χ4v) is 2.46. The number of amides is 2. The van der Waals surface area contributed by atoms with Gasteiger partial charge in [-0.1, -0.05) is 12.1 Å². The summed E-state index contributed by atoms with van der Waals surface area (Å²) in [6, 6.07) is 8.13. The van der Waals surface area contributed by atoms with Gasteiger partial charge in [0.2, 0.25) is 0 Å². The maximum absolute atomic E-state index is 12.9. The third-order valence-electron chi connectivity index (χ3n) is 3.66. The van der Waals surface area contributed by atoms with E-state index in [0.29, 0.717) is 11.6 Å². The molecule has 1 aromatic heterocycles. The molecule has 0 saturated heterocycles. The van der Waals surface area contributed by atoms with Gasteiger partial charge in [0.15, 0.2) is 0 Å². The van der Waals surface area contributed by atoms with Gasteiger partial charge in [0.1, 0.15) is 5.82 Å². The smallest absolute Gasteiger partial charge is 0.319 e. The summed E-state index contributed by atoms with van der Waals surface area (Å²) in [7, 11) is 0. The van der Waals surface area contributed by atoms with E-state index in [-0.39, 0.29) is 17.9 Å². The molecule has 0 aliphatic heterocycles. The number of aromatic nitrogens is 2. The number of rotatable bonds is 3. The van der Waals surface area contributed by atoms with Gasteiger partial charge < -0.3 is 10.6 Å². The average molecular weight is 286 g/mol. The first kappa shape index (κ1) is 13.5. The second kappa shape index (κ2) is 5.87. The maximum atomic E-state index is 12.9. The summed E-state index contributed by atoms with van der Waals surface area (Å²) in [6.07, 6.45) is 4.74. The van der Waals surface area contributed by atoms with Gasteiger partial charge in [-0.2, -0.15) is 10.2 Å². The number of hydrogen-bond donors (Lipinski definition) is 2. The number of nitrogens with one attached hydrogen (secondary N) is 2. The van der Waals surface area contributed by atoms with Crippen LogP contribution in [0.2, 0.25) is 0 Å². The minimum absolute atomic E-state index is 0.148. The van der Waals surface area contributed by atoms with E-state index in [9.17, 15) is 9.18 Å². The Hall–Kier alpha value is -2.50. The summed E-state index contributed by atoms with van der Waals surface area (Å²) in [5.41, 5.74) is 1.73. The van der Waals surface area contributed by atoms with E-state index < -0.39 is 0 Å². The van der Waals surface area contributed by atoms with E-state index in [1.54, 1.807) is 18.2 Å². The number of halogens is 1. The van der Waals surface area contributed by atoms with Crippen molar-refractivity contribution >= 4 is 11.7 Å². The number of carbonyl (C=O) groups excluding carboxylic acids is 1. The van der Waals surface area contributed by atoms with Crippen LogP contribution in [0.15, 0.2) is 42.7 Å². The molecule has 0 unspecified atom stereocenters. The Morgan fingerprint density at radius 1 is 1.14 bits per heavy atom. The zero-order valence-corrected chi connectivity index (χ0v) is 11.3. The maximum Gasteiger partial charge on any atom is 0.319 e. The normalized spacial score (nSPS) is 20.4. The standard InChI is InChI=1S/C15H15FN4O/c16-12-3-1-10(2-4-12)11-7-14(8-11)20-15(21)19-13-5-6-17-18-9-13/h1-6,9,11,14H,7-8H2,(H2,17,19,20,21). The Morgan fingerprint density at radius 2 is 1.90 bits per heavy atom. The molecule has 2 aromatic rings. The molecule has 6 heteroatoms. The molecular weight excluding hydrogens is 271 g/mol. The molecule has 5 nitrogen and oxygen atoms in total. The van der Waals surface area contributed by atoms with Crippen LogP contribution in [0.4, 0.5) is 14.9 Å². The van der Waals surface area contributed by atoms with Crippen LogP contribution in [0, 0.1) is 5.82 Å². The van der Waals surface area contributed by atoms with E-state index in [4.69, 9.17) is 0 Å². The molecule has 3 rings (SSSR count). The fraction of sp³-hybridized carbons (Fsp3) is 0.267. The van der Waals surface area contributed by atoms with Crippen LogP contribution in [-0.2, 0) is 0 Å². The van der Waals surface area contributed by atoms with Crippen LogP contribution < -0.4 is 10.6 Å². The van der Waals surface area contributed by atoms with Gasteiger partial charge in [-0.05, 0) is 42.5 Å². The summed E-state index contributed by atoms with van der Waals surface area (Å²) >= 11 is 0. The van der Waals surface area contributed by atoms with E-state index >= 15 is 0 Å². The van der Waals surface area contributed by atoms with Crippen molar-refractivity contribution in [2.45, 2.75) is 24.8 Å². The third-order valence-corrected chi connectivity index (χ3v) is 3.66. The Labute approximate surface area is 121 Å². The highest BCUT2D eigenvalue weighted by Crippen LogP contribution is 2.36. The van der Waals surface area contributed by atoms with Gasteiger partial charge >= 0.3 is 6.03 Å². The van der Waals surface area contributed by atoms with Gasteiger partial charge in [0.05, 0.1) is 18.1 Å². The predicted molar refractivity (Wildman–Crippen MR) is 76.3 cm³/mol. The lowest BCUT2D eigenvalue weighted by Crippen LogP contribution is -2.45. The molecule has 1 aliphatic rings. The van der Waals surface area contributed by atoms with E-state index in [1.807, 2.05) is 0 Å². The molecule has 21 heavy (non-hydrogen) atoms. The molecule has 1 aromatic carbocycles. The molecule has 1 heterocycles. The highest BCUT2D eigenvalue weighted by Gasteiger charge is 2.31. The van der Waals surface area contributed by atoms with Gasteiger partial charge in [-0.3, -0.25) is 0 Å². The summed E-state index contributed by atoms with van der Waals surface area (Å²) < 4.78 is 12.9. The number of carbonyl (C=O) groups is 1. The van der Waals surface area contributed by atoms with Gasteiger partial charge in [-0.25, -0.2) is 9.18 Å². The second-order valence-corrected chi connectivity index (χ2v) is 5.15. The molecule has 108 valence electrons. The van der Waals surface area contributed by atoms with E-state index in [2.05, 4.69) is 20.8 Å². The Morgan fingerprint density at radius 3 is 2.57 bits per heavy atom. The summed E-state index contributed by atoms with van der Waals surface area (Å²) in [5.74, 6) is 0.163. The van der Waals surface area contributed by atoms with Crippen LogP contribution in [0.25, 0.3) is 0 Å². The molecule has 0 spiro atoms. The topological polar surface area (TPSA) is 66.9 Å². The highest BCUT2D eigenvalue weighted by atomic mass is 19.1. The van der Waals surface area contributed by atoms with Gasteiger partial charge in [0, 0.05) is 6.04 Å². The predicted octanol–water partition coefficient (Wildman–Crippen LogP) is 2.68.